The zero-order valence-electron chi connectivity index (χ0n) is 16.9. The topological polar surface area (TPSA) is 47.3 Å². The number of benzene rings is 3. The second-order valence-electron chi connectivity index (χ2n) is 7.52. The Morgan fingerprint density at radius 3 is 2.52 bits per heavy atom. The van der Waals surface area contributed by atoms with E-state index in [4.69, 9.17) is 9.72 Å². The minimum atomic E-state index is -0.636. The van der Waals surface area contributed by atoms with Gasteiger partial charge in [-0.25, -0.2) is 4.98 Å². The number of rotatable bonds is 7. The van der Waals surface area contributed by atoms with Gasteiger partial charge in [-0.3, -0.25) is 0 Å². The van der Waals surface area contributed by atoms with Crippen LogP contribution >= 0.6 is 0 Å². The lowest BCUT2D eigenvalue weighted by molar-refractivity contribution is 0.0925. The van der Waals surface area contributed by atoms with Crippen molar-refractivity contribution in [2.24, 2.45) is 0 Å². The molecule has 29 heavy (non-hydrogen) atoms. The molecule has 1 atom stereocenters. The Morgan fingerprint density at radius 2 is 1.72 bits per heavy atom. The van der Waals surface area contributed by atoms with Gasteiger partial charge < -0.3 is 14.4 Å². The summed E-state index contributed by atoms with van der Waals surface area (Å²) >= 11 is 0. The van der Waals surface area contributed by atoms with Gasteiger partial charge in [-0.05, 0) is 43.2 Å². The smallest absolute Gasteiger partial charge is 0.122 e. The first kappa shape index (κ1) is 19.2. The van der Waals surface area contributed by atoms with Gasteiger partial charge in [0.1, 0.15) is 24.3 Å². The molecule has 1 heterocycles. The molecule has 148 valence electrons. The SMILES string of the molecule is Cc1ccc(OC[C@@H](O)Cn2c(Cc3ccccc3)nc3ccccc32)c(C)c1. The van der Waals surface area contributed by atoms with Crippen molar-refractivity contribution >= 4 is 11.0 Å². The van der Waals surface area contributed by atoms with Crippen LogP contribution < -0.4 is 4.74 Å². The lowest BCUT2D eigenvalue weighted by atomic mass is 10.1. The van der Waals surface area contributed by atoms with Crippen molar-refractivity contribution in [3.63, 3.8) is 0 Å². The standard InChI is InChI=1S/C25H26N2O2/c1-18-12-13-24(19(2)14-18)29-17-21(28)16-27-23-11-7-6-10-22(23)26-25(27)15-20-8-4-3-5-9-20/h3-14,21,28H,15-17H2,1-2H3/t21-/m0/s1. The third kappa shape index (κ3) is 4.49. The van der Waals surface area contributed by atoms with Gasteiger partial charge in [-0.2, -0.15) is 0 Å². The van der Waals surface area contributed by atoms with E-state index < -0.39 is 6.10 Å². The number of fused-ring (bicyclic) bond motifs is 1. The van der Waals surface area contributed by atoms with Crippen LogP contribution in [0.15, 0.2) is 72.8 Å². The minimum Gasteiger partial charge on any atom is -0.491 e. The number of aliphatic hydroxyl groups is 1. The Hall–Kier alpha value is -3.11. The van der Waals surface area contributed by atoms with Gasteiger partial charge in [0.25, 0.3) is 0 Å². The molecule has 4 rings (SSSR count). The molecule has 0 saturated heterocycles. The zero-order valence-corrected chi connectivity index (χ0v) is 16.9. The molecule has 3 aromatic carbocycles. The predicted molar refractivity (Wildman–Crippen MR) is 116 cm³/mol. The summed E-state index contributed by atoms with van der Waals surface area (Å²) < 4.78 is 8.00. The van der Waals surface area contributed by atoms with Crippen LogP contribution in [0.5, 0.6) is 5.75 Å². The van der Waals surface area contributed by atoms with E-state index in [0.717, 1.165) is 34.6 Å². The van der Waals surface area contributed by atoms with Gasteiger partial charge in [-0.1, -0.05) is 60.2 Å². The zero-order chi connectivity index (χ0) is 20.2. The number of nitrogens with zero attached hydrogens (tertiary/aromatic N) is 2. The summed E-state index contributed by atoms with van der Waals surface area (Å²) in [7, 11) is 0. The Morgan fingerprint density at radius 1 is 0.966 bits per heavy atom. The predicted octanol–water partition coefficient (Wildman–Crippen LogP) is 4.68. The van der Waals surface area contributed by atoms with Crippen LogP contribution in [0.25, 0.3) is 11.0 Å². The van der Waals surface area contributed by atoms with E-state index in [1.165, 1.54) is 11.1 Å². The molecule has 0 radical (unpaired) electrons. The van der Waals surface area contributed by atoms with Crippen molar-refractivity contribution < 1.29 is 9.84 Å². The van der Waals surface area contributed by atoms with E-state index in [1.54, 1.807) is 0 Å². The fraction of sp³-hybridized carbons (Fsp3) is 0.240. The Labute approximate surface area is 171 Å². The molecule has 0 aliphatic heterocycles. The van der Waals surface area contributed by atoms with E-state index in [2.05, 4.69) is 35.8 Å². The first-order valence-electron chi connectivity index (χ1n) is 9.96. The molecule has 0 amide bonds. The summed E-state index contributed by atoms with van der Waals surface area (Å²) in [5.74, 6) is 1.76. The van der Waals surface area contributed by atoms with Gasteiger partial charge in [0, 0.05) is 6.42 Å². The average Bonchev–Trinajstić information content (AvgIpc) is 3.05. The van der Waals surface area contributed by atoms with Crippen molar-refractivity contribution in [2.75, 3.05) is 6.61 Å². The molecule has 0 aliphatic carbocycles. The molecular weight excluding hydrogens is 360 g/mol. The number of aliphatic hydroxyl groups excluding tert-OH is 1. The van der Waals surface area contributed by atoms with Crippen molar-refractivity contribution in [3.05, 3.63) is 95.3 Å². The third-order valence-corrected chi connectivity index (χ3v) is 5.09. The van der Waals surface area contributed by atoms with Crippen LogP contribution in [0, 0.1) is 13.8 Å². The normalized spacial score (nSPS) is 12.2. The largest absolute Gasteiger partial charge is 0.491 e. The number of hydrogen-bond acceptors (Lipinski definition) is 3. The summed E-state index contributed by atoms with van der Waals surface area (Å²) in [6.45, 7) is 4.76. The van der Waals surface area contributed by atoms with Crippen LogP contribution in [0.3, 0.4) is 0 Å². The van der Waals surface area contributed by atoms with E-state index in [9.17, 15) is 5.11 Å². The second kappa shape index (κ2) is 8.50. The number of ether oxygens (including phenoxy) is 1. The number of hydrogen-bond donors (Lipinski definition) is 1. The highest BCUT2D eigenvalue weighted by Crippen LogP contribution is 2.21. The van der Waals surface area contributed by atoms with Crippen LogP contribution in [-0.2, 0) is 13.0 Å². The first-order chi connectivity index (χ1) is 14.1. The highest BCUT2D eigenvalue weighted by molar-refractivity contribution is 5.76. The quantitative estimate of drug-likeness (QED) is 0.501. The maximum atomic E-state index is 10.7. The van der Waals surface area contributed by atoms with Gasteiger partial charge >= 0.3 is 0 Å². The second-order valence-corrected chi connectivity index (χ2v) is 7.52. The Balaban J connectivity index is 1.53. The number of imidazole rings is 1. The minimum absolute atomic E-state index is 0.237. The van der Waals surface area contributed by atoms with Crippen LogP contribution in [0.4, 0.5) is 0 Å². The Kier molecular flexibility index (Phi) is 5.63. The summed E-state index contributed by atoms with van der Waals surface area (Å²) in [5.41, 5.74) is 5.45. The fourth-order valence-electron chi connectivity index (χ4n) is 3.65. The fourth-order valence-corrected chi connectivity index (χ4v) is 3.65. The number of aryl methyl sites for hydroxylation is 2. The summed E-state index contributed by atoms with van der Waals surface area (Å²) in [5, 5.41) is 10.7. The molecule has 0 aliphatic rings. The molecule has 0 bridgehead atoms. The Bertz CT molecular complexity index is 1100. The van der Waals surface area contributed by atoms with Crippen LogP contribution in [0.1, 0.15) is 22.5 Å². The molecule has 1 N–H and O–H groups in total. The first-order valence-corrected chi connectivity index (χ1v) is 9.96. The highest BCUT2D eigenvalue weighted by atomic mass is 16.5. The summed E-state index contributed by atoms with van der Waals surface area (Å²) in [6, 6.07) is 24.4. The van der Waals surface area contributed by atoms with Crippen molar-refractivity contribution in [3.8, 4) is 5.75 Å². The van der Waals surface area contributed by atoms with E-state index in [-0.39, 0.29) is 6.61 Å². The molecular formula is C25H26N2O2. The summed E-state index contributed by atoms with van der Waals surface area (Å²) in [6.07, 6.45) is 0.0861. The molecule has 4 heteroatoms. The molecule has 4 aromatic rings. The van der Waals surface area contributed by atoms with E-state index in [0.29, 0.717) is 6.54 Å². The molecule has 0 spiro atoms. The van der Waals surface area contributed by atoms with Crippen molar-refractivity contribution in [1.29, 1.82) is 0 Å². The van der Waals surface area contributed by atoms with Gasteiger partial charge in [0.05, 0.1) is 17.6 Å². The number of para-hydroxylation sites is 2. The van der Waals surface area contributed by atoms with Gasteiger partial charge in [0.2, 0.25) is 0 Å². The molecule has 0 unspecified atom stereocenters. The van der Waals surface area contributed by atoms with E-state index in [1.807, 2.05) is 55.5 Å². The number of aromatic nitrogens is 2. The molecule has 4 nitrogen and oxygen atoms in total. The maximum Gasteiger partial charge on any atom is 0.122 e. The average molecular weight is 386 g/mol. The van der Waals surface area contributed by atoms with Gasteiger partial charge in [-0.15, -0.1) is 0 Å². The van der Waals surface area contributed by atoms with Crippen molar-refractivity contribution in [2.45, 2.75) is 32.9 Å². The van der Waals surface area contributed by atoms with Crippen molar-refractivity contribution in [1.82, 2.24) is 9.55 Å². The third-order valence-electron chi connectivity index (χ3n) is 5.09. The van der Waals surface area contributed by atoms with Crippen LogP contribution in [-0.4, -0.2) is 27.4 Å². The summed E-state index contributed by atoms with van der Waals surface area (Å²) in [4.78, 5) is 4.81. The van der Waals surface area contributed by atoms with E-state index >= 15 is 0 Å². The van der Waals surface area contributed by atoms with Gasteiger partial charge in [0.15, 0.2) is 0 Å². The van der Waals surface area contributed by atoms with Crippen LogP contribution in [0.2, 0.25) is 0 Å². The highest BCUT2D eigenvalue weighted by Gasteiger charge is 2.15. The molecule has 1 aromatic heterocycles. The lowest BCUT2D eigenvalue weighted by Gasteiger charge is -2.17. The molecule has 0 saturated carbocycles. The lowest BCUT2D eigenvalue weighted by Crippen LogP contribution is -2.25. The monoisotopic (exact) mass is 386 g/mol. The molecule has 0 fully saturated rings. The maximum absolute atomic E-state index is 10.7.